The van der Waals surface area contributed by atoms with E-state index in [1.165, 1.54) is 22.2 Å². The lowest BCUT2D eigenvalue weighted by molar-refractivity contribution is -0.111. The van der Waals surface area contributed by atoms with Crippen molar-refractivity contribution in [3.63, 3.8) is 0 Å². The Hall–Kier alpha value is -2.87. The van der Waals surface area contributed by atoms with Gasteiger partial charge in [-0.1, -0.05) is 36.5 Å². The minimum Gasteiger partial charge on any atom is -0.297 e. The van der Waals surface area contributed by atoms with E-state index in [0.717, 1.165) is 17.1 Å². The van der Waals surface area contributed by atoms with Gasteiger partial charge in [0.2, 0.25) is 11.0 Å². The number of carbonyl (C=O) groups is 1. The summed E-state index contributed by atoms with van der Waals surface area (Å²) in [6.45, 7) is 1.99. The lowest BCUT2D eigenvalue weighted by Gasteiger charge is -1.96. The van der Waals surface area contributed by atoms with E-state index < -0.39 is 0 Å². The molecule has 0 radical (unpaired) electrons. The first kappa shape index (κ1) is 15.0. The molecule has 1 amide bonds. The van der Waals surface area contributed by atoms with E-state index in [-0.39, 0.29) is 5.91 Å². The van der Waals surface area contributed by atoms with Crippen molar-refractivity contribution in [2.75, 3.05) is 5.32 Å². The van der Waals surface area contributed by atoms with Crippen LogP contribution in [-0.4, -0.2) is 31.1 Å². The largest absolute Gasteiger partial charge is 0.297 e. The number of aryl methyl sites for hydroxylation is 1. The maximum absolute atomic E-state index is 11.8. The predicted octanol–water partition coefficient (Wildman–Crippen LogP) is 2.33. The van der Waals surface area contributed by atoms with Crippen molar-refractivity contribution in [1.82, 2.24) is 25.2 Å². The summed E-state index contributed by atoms with van der Waals surface area (Å²) in [5.74, 6) is -0.280. The van der Waals surface area contributed by atoms with Gasteiger partial charge in [-0.2, -0.15) is 9.90 Å². The predicted molar refractivity (Wildman–Crippen MR) is 88.3 cm³/mol. The molecule has 0 aliphatic carbocycles. The molecular weight excluding hydrogens is 312 g/mol. The molecule has 0 aliphatic heterocycles. The topological polar surface area (TPSA) is 85.6 Å². The number of nitrogens with zero attached hydrogens (tertiary/aromatic N) is 5. The highest BCUT2D eigenvalue weighted by molar-refractivity contribution is 7.15. The van der Waals surface area contributed by atoms with Crippen LogP contribution in [0.15, 0.2) is 42.6 Å². The van der Waals surface area contributed by atoms with E-state index in [4.69, 9.17) is 0 Å². The minimum absolute atomic E-state index is 0.280. The SMILES string of the molecule is CCc1nnc(NC(=O)/C=C/c2cnn(-c3ccccc3)n2)s1. The van der Waals surface area contributed by atoms with Crippen molar-refractivity contribution in [1.29, 1.82) is 0 Å². The molecule has 0 aliphatic rings. The number of hydrogen-bond acceptors (Lipinski definition) is 6. The molecule has 0 spiro atoms. The Bertz CT molecular complexity index is 823. The molecule has 8 heteroatoms. The first-order chi connectivity index (χ1) is 11.2. The normalized spacial score (nSPS) is 11.0. The van der Waals surface area contributed by atoms with Gasteiger partial charge in [0.25, 0.3) is 0 Å². The van der Waals surface area contributed by atoms with Gasteiger partial charge in [0, 0.05) is 6.08 Å². The third-order valence-electron chi connectivity index (χ3n) is 2.90. The van der Waals surface area contributed by atoms with Crippen LogP contribution in [0.25, 0.3) is 11.8 Å². The third kappa shape index (κ3) is 3.86. The first-order valence-corrected chi connectivity index (χ1v) is 7.85. The Kier molecular flexibility index (Phi) is 4.53. The number of nitrogens with one attached hydrogen (secondary N) is 1. The maximum atomic E-state index is 11.8. The minimum atomic E-state index is -0.280. The third-order valence-corrected chi connectivity index (χ3v) is 3.88. The Labute approximate surface area is 136 Å². The van der Waals surface area contributed by atoms with Gasteiger partial charge in [-0.3, -0.25) is 10.1 Å². The molecule has 0 fully saturated rings. The van der Waals surface area contributed by atoms with E-state index >= 15 is 0 Å². The second kappa shape index (κ2) is 6.93. The molecule has 7 nitrogen and oxygen atoms in total. The standard InChI is InChI=1S/C15H14N6OS/c1-2-14-18-19-15(23-14)17-13(22)9-8-11-10-16-21(20-11)12-6-4-3-5-7-12/h3-10H,2H2,1H3,(H,17,19,22)/b9-8+. The van der Waals surface area contributed by atoms with Crippen LogP contribution in [0.3, 0.4) is 0 Å². The number of para-hydroxylation sites is 1. The maximum Gasteiger partial charge on any atom is 0.250 e. The van der Waals surface area contributed by atoms with Crippen LogP contribution < -0.4 is 5.32 Å². The quantitative estimate of drug-likeness (QED) is 0.727. The van der Waals surface area contributed by atoms with E-state index in [1.54, 1.807) is 12.3 Å². The molecule has 0 saturated heterocycles. The van der Waals surface area contributed by atoms with E-state index in [2.05, 4.69) is 25.7 Å². The van der Waals surface area contributed by atoms with Crippen molar-refractivity contribution in [3.8, 4) is 5.69 Å². The second-order valence-corrected chi connectivity index (χ2v) is 5.63. The van der Waals surface area contributed by atoms with Gasteiger partial charge in [0.1, 0.15) is 10.7 Å². The lowest BCUT2D eigenvalue weighted by atomic mass is 10.3. The zero-order valence-electron chi connectivity index (χ0n) is 12.4. The molecule has 0 atom stereocenters. The van der Waals surface area contributed by atoms with Gasteiger partial charge in [-0.25, -0.2) is 0 Å². The molecule has 0 saturated carbocycles. The Balaban J connectivity index is 1.63. The number of aromatic nitrogens is 5. The molecule has 23 heavy (non-hydrogen) atoms. The molecule has 1 aromatic carbocycles. The average molecular weight is 326 g/mol. The highest BCUT2D eigenvalue weighted by Crippen LogP contribution is 2.15. The molecule has 1 N–H and O–H groups in total. The van der Waals surface area contributed by atoms with Crippen LogP contribution in [0.5, 0.6) is 0 Å². The molecule has 116 valence electrons. The molecule has 2 aromatic heterocycles. The summed E-state index contributed by atoms with van der Waals surface area (Å²) in [6, 6.07) is 9.56. The van der Waals surface area contributed by atoms with Crippen LogP contribution in [-0.2, 0) is 11.2 Å². The Morgan fingerprint density at radius 1 is 1.30 bits per heavy atom. The number of hydrogen-bond donors (Lipinski definition) is 1. The summed E-state index contributed by atoms with van der Waals surface area (Å²) in [5, 5.41) is 20.3. The van der Waals surface area contributed by atoms with Crippen LogP contribution in [0.4, 0.5) is 5.13 Å². The molecule has 2 heterocycles. The summed E-state index contributed by atoms with van der Waals surface area (Å²) in [5.41, 5.74) is 1.45. The van der Waals surface area contributed by atoms with Crippen LogP contribution >= 0.6 is 11.3 Å². The summed E-state index contributed by atoms with van der Waals surface area (Å²) < 4.78 is 0. The summed E-state index contributed by atoms with van der Waals surface area (Å²) in [4.78, 5) is 13.4. The van der Waals surface area contributed by atoms with E-state index in [0.29, 0.717) is 10.8 Å². The van der Waals surface area contributed by atoms with Crippen LogP contribution in [0.1, 0.15) is 17.6 Å². The smallest absolute Gasteiger partial charge is 0.250 e. The summed E-state index contributed by atoms with van der Waals surface area (Å²) in [7, 11) is 0. The Morgan fingerprint density at radius 2 is 2.13 bits per heavy atom. The summed E-state index contributed by atoms with van der Waals surface area (Å²) in [6.07, 6.45) is 5.39. The van der Waals surface area contributed by atoms with Gasteiger partial charge < -0.3 is 0 Å². The number of rotatable bonds is 5. The van der Waals surface area contributed by atoms with Crippen molar-refractivity contribution >= 4 is 28.5 Å². The van der Waals surface area contributed by atoms with Gasteiger partial charge in [0.05, 0.1) is 11.9 Å². The Morgan fingerprint density at radius 3 is 2.87 bits per heavy atom. The number of benzene rings is 1. The van der Waals surface area contributed by atoms with Crippen molar-refractivity contribution in [2.24, 2.45) is 0 Å². The van der Waals surface area contributed by atoms with Crippen molar-refractivity contribution < 1.29 is 4.79 Å². The van der Waals surface area contributed by atoms with Crippen molar-refractivity contribution in [3.05, 3.63) is 53.3 Å². The zero-order chi connectivity index (χ0) is 16.1. The van der Waals surface area contributed by atoms with Gasteiger partial charge in [-0.05, 0) is 24.6 Å². The van der Waals surface area contributed by atoms with E-state index in [1.807, 2.05) is 37.3 Å². The fourth-order valence-corrected chi connectivity index (χ4v) is 2.47. The number of amides is 1. The van der Waals surface area contributed by atoms with Crippen LogP contribution in [0.2, 0.25) is 0 Å². The highest BCUT2D eigenvalue weighted by Gasteiger charge is 2.05. The second-order valence-electron chi connectivity index (χ2n) is 4.57. The lowest BCUT2D eigenvalue weighted by Crippen LogP contribution is -2.07. The molecule has 3 aromatic rings. The molecule has 3 rings (SSSR count). The average Bonchev–Trinajstić information content (AvgIpc) is 3.23. The monoisotopic (exact) mass is 326 g/mol. The number of anilines is 1. The van der Waals surface area contributed by atoms with Gasteiger partial charge >= 0.3 is 0 Å². The first-order valence-electron chi connectivity index (χ1n) is 7.04. The fraction of sp³-hybridized carbons (Fsp3) is 0.133. The fourth-order valence-electron chi connectivity index (χ4n) is 1.79. The molecule has 0 unspecified atom stereocenters. The number of carbonyl (C=O) groups excluding carboxylic acids is 1. The highest BCUT2D eigenvalue weighted by atomic mass is 32.1. The molecular formula is C15H14N6OS. The van der Waals surface area contributed by atoms with E-state index in [9.17, 15) is 4.79 Å². The van der Waals surface area contributed by atoms with Crippen molar-refractivity contribution in [2.45, 2.75) is 13.3 Å². The zero-order valence-corrected chi connectivity index (χ0v) is 13.2. The van der Waals surface area contributed by atoms with Gasteiger partial charge in [-0.15, -0.1) is 15.3 Å². The molecule has 0 bridgehead atoms. The van der Waals surface area contributed by atoms with Gasteiger partial charge in [0.15, 0.2) is 0 Å². The van der Waals surface area contributed by atoms with Crippen LogP contribution in [0, 0.1) is 0 Å². The summed E-state index contributed by atoms with van der Waals surface area (Å²) >= 11 is 1.36.